The number of benzene rings is 1. The predicted octanol–water partition coefficient (Wildman–Crippen LogP) is 3.30. The summed E-state index contributed by atoms with van der Waals surface area (Å²) in [6.07, 6.45) is 8.73. The molecule has 1 amide bonds. The predicted molar refractivity (Wildman–Crippen MR) is 105 cm³/mol. The van der Waals surface area contributed by atoms with Crippen LogP contribution in [-0.4, -0.2) is 65.9 Å². The quantitative estimate of drug-likeness (QED) is 0.829. The van der Waals surface area contributed by atoms with E-state index in [1.165, 1.54) is 50.8 Å². The second-order valence-electron chi connectivity index (χ2n) is 8.21. The summed E-state index contributed by atoms with van der Waals surface area (Å²) >= 11 is 0. The van der Waals surface area contributed by atoms with Crippen LogP contribution in [0, 0.1) is 0 Å². The summed E-state index contributed by atoms with van der Waals surface area (Å²) in [5, 5.41) is 0. The molecule has 0 N–H and O–H groups in total. The molecule has 4 nitrogen and oxygen atoms in total. The van der Waals surface area contributed by atoms with E-state index in [0.29, 0.717) is 11.9 Å². The van der Waals surface area contributed by atoms with Crippen molar-refractivity contribution >= 4 is 5.91 Å². The standard InChI is InChI=1S/C22H33N3O/c26-22(25-17-11-20(12-18-25)23-13-7-8-14-23)21(19-9-3-1-4-10-19)24-15-5-2-6-16-24/h1,3-4,9-10,20-21H,2,5-8,11-18H2/t21-/m0/s1. The minimum Gasteiger partial charge on any atom is -0.341 e. The van der Waals surface area contributed by atoms with E-state index >= 15 is 0 Å². The van der Waals surface area contributed by atoms with Crippen LogP contribution in [0.25, 0.3) is 0 Å². The molecule has 3 fully saturated rings. The van der Waals surface area contributed by atoms with Gasteiger partial charge in [-0.2, -0.15) is 0 Å². The highest BCUT2D eigenvalue weighted by atomic mass is 16.2. The summed E-state index contributed by atoms with van der Waals surface area (Å²) in [6, 6.07) is 11.1. The number of carbonyl (C=O) groups excluding carboxylic acids is 1. The van der Waals surface area contributed by atoms with Crippen molar-refractivity contribution in [1.29, 1.82) is 0 Å². The first-order valence-corrected chi connectivity index (χ1v) is 10.6. The molecule has 142 valence electrons. The molecule has 3 aliphatic rings. The summed E-state index contributed by atoms with van der Waals surface area (Å²) in [7, 11) is 0. The first-order chi connectivity index (χ1) is 12.8. The van der Waals surface area contributed by atoms with Crippen molar-refractivity contribution < 1.29 is 4.79 Å². The molecule has 0 aliphatic carbocycles. The molecule has 0 spiro atoms. The van der Waals surface area contributed by atoms with Crippen LogP contribution >= 0.6 is 0 Å². The minimum atomic E-state index is -0.0835. The Morgan fingerprint density at radius 2 is 1.42 bits per heavy atom. The largest absolute Gasteiger partial charge is 0.341 e. The molecule has 1 atom stereocenters. The van der Waals surface area contributed by atoms with Crippen molar-refractivity contribution in [3.63, 3.8) is 0 Å². The lowest BCUT2D eigenvalue weighted by molar-refractivity contribution is -0.139. The average molecular weight is 356 g/mol. The third-order valence-corrected chi connectivity index (χ3v) is 6.54. The van der Waals surface area contributed by atoms with Gasteiger partial charge in [0.2, 0.25) is 5.91 Å². The van der Waals surface area contributed by atoms with Gasteiger partial charge < -0.3 is 9.80 Å². The molecule has 0 radical (unpaired) electrons. The number of piperidine rings is 2. The average Bonchev–Trinajstić information content (AvgIpc) is 3.25. The van der Waals surface area contributed by atoms with Crippen LogP contribution in [0.1, 0.15) is 56.6 Å². The maximum Gasteiger partial charge on any atom is 0.244 e. The maximum atomic E-state index is 13.5. The van der Waals surface area contributed by atoms with Crippen molar-refractivity contribution in [2.24, 2.45) is 0 Å². The fourth-order valence-corrected chi connectivity index (χ4v) is 5.05. The number of hydrogen-bond acceptors (Lipinski definition) is 3. The van der Waals surface area contributed by atoms with Gasteiger partial charge >= 0.3 is 0 Å². The first kappa shape index (κ1) is 18.0. The van der Waals surface area contributed by atoms with Gasteiger partial charge in [0.05, 0.1) is 0 Å². The molecule has 1 aromatic rings. The number of carbonyl (C=O) groups is 1. The summed E-state index contributed by atoms with van der Waals surface area (Å²) in [4.78, 5) is 20.7. The Morgan fingerprint density at radius 1 is 0.808 bits per heavy atom. The lowest BCUT2D eigenvalue weighted by Crippen LogP contribution is -2.50. The van der Waals surface area contributed by atoms with E-state index in [1.807, 2.05) is 6.07 Å². The van der Waals surface area contributed by atoms with Crippen LogP contribution in [0.2, 0.25) is 0 Å². The van der Waals surface area contributed by atoms with Crippen molar-refractivity contribution in [2.75, 3.05) is 39.3 Å². The van der Waals surface area contributed by atoms with E-state index in [9.17, 15) is 4.79 Å². The Balaban J connectivity index is 1.44. The molecule has 0 bridgehead atoms. The highest BCUT2D eigenvalue weighted by molar-refractivity contribution is 5.83. The fraction of sp³-hybridized carbons (Fsp3) is 0.682. The molecule has 3 heterocycles. The first-order valence-electron chi connectivity index (χ1n) is 10.6. The molecule has 0 aromatic heterocycles. The van der Waals surface area contributed by atoms with Gasteiger partial charge in [0, 0.05) is 19.1 Å². The Hall–Kier alpha value is -1.39. The van der Waals surface area contributed by atoms with Gasteiger partial charge in [0.1, 0.15) is 6.04 Å². The third kappa shape index (κ3) is 3.96. The van der Waals surface area contributed by atoms with E-state index in [0.717, 1.165) is 39.0 Å². The van der Waals surface area contributed by atoms with Gasteiger partial charge in [-0.25, -0.2) is 0 Å². The molecule has 3 aliphatic heterocycles. The molecular weight excluding hydrogens is 322 g/mol. The normalized spacial score (nSPS) is 24.7. The number of rotatable bonds is 4. The van der Waals surface area contributed by atoms with Gasteiger partial charge in [0.15, 0.2) is 0 Å². The van der Waals surface area contributed by atoms with E-state index in [-0.39, 0.29) is 6.04 Å². The van der Waals surface area contributed by atoms with Crippen LogP contribution < -0.4 is 0 Å². The van der Waals surface area contributed by atoms with Gasteiger partial charge in [-0.3, -0.25) is 9.69 Å². The number of hydrogen-bond donors (Lipinski definition) is 0. The van der Waals surface area contributed by atoms with Crippen LogP contribution in [-0.2, 0) is 4.79 Å². The minimum absolute atomic E-state index is 0.0835. The van der Waals surface area contributed by atoms with E-state index < -0.39 is 0 Å². The molecule has 1 aromatic carbocycles. The van der Waals surface area contributed by atoms with Crippen molar-refractivity contribution in [1.82, 2.24) is 14.7 Å². The topological polar surface area (TPSA) is 26.8 Å². The van der Waals surface area contributed by atoms with Gasteiger partial charge in [0.25, 0.3) is 0 Å². The lowest BCUT2D eigenvalue weighted by Gasteiger charge is -2.41. The highest BCUT2D eigenvalue weighted by Crippen LogP contribution is 2.29. The molecule has 4 rings (SSSR count). The van der Waals surface area contributed by atoms with E-state index in [4.69, 9.17) is 0 Å². The second kappa shape index (κ2) is 8.53. The summed E-state index contributed by atoms with van der Waals surface area (Å²) in [5.74, 6) is 0.331. The van der Waals surface area contributed by atoms with E-state index in [1.54, 1.807) is 0 Å². The molecule has 3 saturated heterocycles. The zero-order chi connectivity index (χ0) is 17.8. The number of nitrogens with zero attached hydrogens (tertiary/aromatic N) is 3. The van der Waals surface area contributed by atoms with Gasteiger partial charge in [-0.1, -0.05) is 36.8 Å². The van der Waals surface area contributed by atoms with Crippen LogP contribution in [0.4, 0.5) is 0 Å². The Morgan fingerprint density at radius 3 is 2.08 bits per heavy atom. The molecule has 4 heteroatoms. The molecule has 26 heavy (non-hydrogen) atoms. The molecule has 0 unspecified atom stereocenters. The number of amides is 1. The van der Waals surface area contributed by atoms with Crippen molar-refractivity contribution in [3.05, 3.63) is 35.9 Å². The van der Waals surface area contributed by atoms with Crippen molar-refractivity contribution in [2.45, 2.75) is 57.0 Å². The van der Waals surface area contributed by atoms with Crippen LogP contribution in [0.5, 0.6) is 0 Å². The lowest BCUT2D eigenvalue weighted by atomic mass is 9.98. The maximum absolute atomic E-state index is 13.5. The Bertz CT molecular complexity index is 570. The molecule has 0 saturated carbocycles. The highest BCUT2D eigenvalue weighted by Gasteiger charge is 2.35. The van der Waals surface area contributed by atoms with Crippen LogP contribution in [0.15, 0.2) is 30.3 Å². The van der Waals surface area contributed by atoms with Crippen molar-refractivity contribution in [3.8, 4) is 0 Å². The third-order valence-electron chi connectivity index (χ3n) is 6.54. The monoisotopic (exact) mass is 355 g/mol. The van der Waals surface area contributed by atoms with Gasteiger partial charge in [-0.15, -0.1) is 0 Å². The zero-order valence-corrected chi connectivity index (χ0v) is 16.0. The van der Waals surface area contributed by atoms with Gasteiger partial charge in [-0.05, 0) is 70.3 Å². The Labute approximate surface area is 158 Å². The Kier molecular flexibility index (Phi) is 5.91. The van der Waals surface area contributed by atoms with E-state index in [2.05, 4.69) is 39.0 Å². The summed E-state index contributed by atoms with van der Waals surface area (Å²) in [6.45, 7) is 6.48. The SMILES string of the molecule is O=C([C@H](c1ccccc1)N1CCCCC1)N1CCC(N2CCCC2)CC1. The number of likely N-dealkylation sites (tertiary alicyclic amines) is 3. The summed E-state index contributed by atoms with van der Waals surface area (Å²) < 4.78 is 0. The van der Waals surface area contributed by atoms with Crippen LogP contribution in [0.3, 0.4) is 0 Å². The smallest absolute Gasteiger partial charge is 0.244 e. The second-order valence-corrected chi connectivity index (χ2v) is 8.21. The fourth-order valence-electron chi connectivity index (χ4n) is 5.05. The summed E-state index contributed by atoms with van der Waals surface area (Å²) in [5.41, 5.74) is 1.17. The molecular formula is C22H33N3O. The zero-order valence-electron chi connectivity index (χ0n) is 16.0.